The van der Waals surface area contributed by atoms with E-state index in [2.05, 4.69) is 46.6 Å². The van der Waals surface area contributed by atoms with Gasteiger partial charge in [-0.05, 0) is 96.8 Å². The third-order valence-corrected chi connectivity index (χ3v) is 10.2. The highest BCUT2D eigenvalue weighted by molar-refractivity contribution is 9.10. The summed E-state index contributed by atoms with van der Waals surface area (Å²) in [5.74, 6) is -0.409. The quantitative estimate of drug-likeness (QED) is 0.210. The summed E-state index contributed by atoms with van der Waals surface area (Å²) in [5, 5.41) is 11.1. The molecule has 49 heavy (non-hydrogen) atoms. The van der Waals surface area contributed by atoms with Gasteiger partial charge in [-0.1, -0.05) is 18.2 Å². The lowest BCUT2D eigenvalue weighted by molar-refractivity contribution is -0.138. The zero-order valence-electron chi connectivity index (χ0n) is 27.2. The van der Waals surface area contributed by atoms with Gasteiger partial charge in [0.05, 0.1) is 5.52 Å². The second kappa shape index (κ2) is 12.8. The monoisotopic (exact) mass is 725 g/mol. The second-order valence-electron chi connectivity index (χ2n) is 13.2. The van der Waals surface area contributed by atoms with E-state index in [0.717, 1.165) is 22.3 Å². The van der Waals surface area contributed by atoms with Gasteiger partial charge in [-0.2, -0.15) is 5.10 Å². The van der Waals surface area contributed by atoms with Crippen molar-refractivity contribution in [1.82, 2.24) is 34.9 Å². The topological polar surface area (TPSA) is 178 Å². The molecule has 3 aliphatic rings. The fourth-order valence-corrected chi connectivity index (χ4v) is 7.46. The molecule has 2 aliphatic heterocycles. The van der Waals surface area contributed by atoms with Gasteiger partial charge in [0, 0.05) is 47.8 Å². The lowest BCUT2D eigenvalue weighted by atomic mass is 9.98. The molecule has 1 aliphatic carbocycles. The molecule has 13 nitrogen and oxygen atoms in total. The van der Waals surface area contributed by atoms with Crippen molar-refractivity contribution in [2.75, 3.05) is 11.9 Å². The standard InChI is InChI=1S/C35H36BrN9O4/c1-19-9-10-27(36)41-33(19)42-34(49)25-13-35-14-26(35)45(25)29(47)17-44-31-21(7-5-3-4-6-8-28(46)40-18-35)11-22(23-15-38-20(2)39-16-23)12-24(31)30(43-44)32(37)48/h3,5,9-12,15-16,25-26H,4,6-8,13-14,17-18H2,1-2H3,(H2,37,48)(H,40,46)(H,41,42,49)/b5-3+/t25-,26+,35-/m0/s1. The van der Waals surface area contributed by atoms with Crippen molar-refractivity contribution in [3.63, 3.8) is 0 Å². The van der Waals surface area contributed by atoms with Crippen molar-refractivity contribution in [1.29, 1.82) is 0 Å². The first-order valence-corrected chi connectivity index (χ1v) is 17.1. The Balaban J connectivity index is 1.30. The number of anilines is 1. The van der Waals surface area contributed by atoms with Crippen LogP contribution in [0.3, 0.4) is 0 Å². The molecular weight excluding hydrogens is 690 g/mol. The van der Waals surface area contributed by atoms with Crippen LogP contribution < -0.4 is 16.4 Å². The number of nitrogens with one attached hydrogen (secondary N) is 2. The Labute approximate surface area is 290 Å². The smallest absolute Gasteiger partial charge is 0.269 e. The number of nitrogens with zero attached hydrogens (tertiary/aromatic N) is 6. The summed E-state index contributed by atoms with van der Waals surface area (Å²) < 4.78 is 2.11. The van der Waals surface area contributed by atoms with Crippen LogP contribution in [0.15, 0.2) is 53.4 Å². The molecule has 4 N–H and O–H groups in total. The minimum atomic E-state index is -0.796. The van der Waals surface area contributed by atoms with E-state index in [0.29, 0.717) is 72.2 Å². The van der Waals surface area contributed by atoms with Crippen molar-refractivity contribution < 1.29 is 19.2 Å². The highest BCUT2D eigenvalue weighted by Gasteiger charge is 2.67. The van der Waals surface area contributed by atoms with Crippen LogP contribution in [0.1, 0.15) is 59.5 Å². The number of benzene rings is 1. The van der Waals surface area contributed by atoms with E-state index in [1.807, 2.05) is 37.3 Å². The molecule has 252 valence electrons. The lowest BCUT2D eigenvalue weighted by Gasteiger charge is -2.27. The summed E-state index contributed by atoms with van der Waals surface area (Å²) in [6.07, 6.45) is 10.8. The van der Waals surface area contributed by atoms with Crippen LogP contribution >= 0.6 is 15.9 Å². The number of aryl methyl sites for hydroxylation is 2. The lowest BCUT2D eigenvalue weighted by Crippen LogP contribution is -2.47. The number of hydrogen-bond donors (Lipinski definition) is 3. The van der Waals surface area contributed by atoms with Crippen LogP contribution in [-0.4, -0.2) is 71.9 Å². The maximum atomic E-state index is 14.4. The van der Waals surface area contributed by atoms with E-state index in [-0.39, 0.29) is 36.0 Å². The number of pyridine rings is 1. The fraction of sp³-hybridized carbons (Fsp3) is 0.371. The van der Waals surface area contributed by atoms with Gasteiger partial charge in [0.2, 0.25) is 17.7 Å². The Morgan fingerprint density at radius 3 is 2.65 bits per heavy atom. The minimum Gasteiger partial charge on any atom is -0.364 e. The number of piperidine rings is 1. The van der Waals surface area contributed by atoms with Crippen LogP contribution in [0, 0.1) is 19.3 Å². The maximum Gasteiger partial charge on any atom is 0.269 e. The average molecular weight is 727 g/mol. The normalized spacial score (nSPS) is 23.0. The largest absolute Gasteiger partial charge is 0.364 e. The first-order chi connectivity index (χ1) is 23.5. The Kier molecular flexibility index (Phi) is 8.51. The molecule has 1 saturated carbocycles. The number of halogens is 1. The van der Waals surface area contributed by atoms with Gasteiger partial charge < -0.3 is 21.3 Å². The number of amides is 4. The van der Waals surface area contributed by atoms with E-state index in [4.69, 9.17) is 5.73 Å². The van der Waals surface area contributed by atoms with Crippen molar-refractivity contribution in [3.8, 4) is 11.1 Å². The van der Waals surface area contributed by atoms with Crippen LogP contribution in [0.5, 0.6) is 0 Å². The number of aromatic nitrogens is 5. The average Bonchev–Trinajstić information content (AvgIpc) is 3.48. The summed E-state index contributed by atoms with van der Waals surface area (Å²) in [7, 11) is 0. The van der Waals surface area contributed by atoms with E-state index in [1.54, 1.807) is 30.3 Å². The van der Waals surface area contributed by atoms with Crippen LogP contribution in [0.25, 0.3) is 22.0 Å². The summed E-state index contributed by atoms with van der Waals surface area (Å²) >= 11 is 3.37. The van der Waals surface area contributed by atoms with E-state index in [9.17, 15) is 19.2 Å². The summed E-state index contributed by atoms with van der Waals surface area (Å²) in [5.41, 5.74) is 9.24. The molecular formula is C35H36BrN9O4. The number of carbonyl (C=O) groups excluding carboxylic acids is 4. The highest BCUT2D eigenvalue weighted by Crippen LogP contribution is 2.59. The summed E-state index contributed by atoms with van der Waals surface area (Å²) in [6, 6.07) is 6.41. The third-order valence-electron chi connectivity index (χ3n) is 9.79. The molecule has 1 aromatic carbocycles. The van der Waals surface area contributed by atoms with Crippen LogP contribution in [0.2, 0.25) is 0 Å². The van der Waals surface area contributed by atoms with Gasteiger partial charge in [0.25, 0.3) is 5.91 Å². The molecule has 3 aromatic heterocycles. The molecule has 0 unspecified atom stereocenters. The zero-order valence-corrected chi connectivity index (χ0v) is 28.8. The number of hydrogen-bond acceptors (Lipinski definition) is 8. The van der Waals surface area contributed by atoms with Gasteiger partial charge in [-0.3, -0.25) is 23.9 Å². The second-order valence-corrected chi connectivity index (χ2v) is 14.0. The molecule has 0 radical (unpaired) electrons. The molecule has 14 heteroatoms. The van der Waals surface area contributed by atoms with Gasteiger partial charge in [-0.25, -0.2) is 15.0 Å². The Hall–Kier alpha value is -4.98. The molecule has 0 spiro atoms. The summed E-state index contributed by atoms with van der Waals surface area (Å²) in [6.45, 7) is 3.81. The van der Waals surface area contributed by atoms with Gasteiger partial charge in [-0.15, -0.1) is 0 Å². The summed E-state index contributed by atoms with van der Waals surface area (Å²) in [4.78, 5) is 68.6. The minimum absolute atomic E-state index is 0.0488. The van der Waals surface area contributed by atoms with E-state index < -0.39 is 17.4 Å². The first-order valence-electron chi connectivity index (χ1n) is 16.3. The molecule has 7 rings (SSSR count). The number of carbonyl (C=O) groups is 4. The van der Waals surface area contributed by atoms with Gasteiger partial charge in [0.1, 0.15) is 28.8 Å². The van der Waals surface area contributed by atoms with Crippen molar-refractivity contribution >= 4 is 56.3 Å². The van der Waals surface area contributed by atoms with E-state index >= 15 is 0 Å². The number of rotatable bonds is 4. The number of primary amides is 1. The Morgan fingerprint density at radius 2 is 1.88 bits per heavy atom. The first kappa shape index (κ1) is 32.6. The third kappa shape index (κ3) is 6.32. The molecule has 3 atom stereocenters. The molecule has 5 heterocycles. The van der Waals surface area contributed by atoms with E-state index in [1.165, 1.54) is 4.68 Å². The Bertz CT molecular complexity index is 2040. The molecule has 4 amide bonds. The van der Waals surface area contributed by atoms with Crippen LogP contribution in [0.4, 0.5) is 5.82 Å². The van der Waals surface area contributed by atoms with Crippen molar-refractivity contribution in [2.24, 2.45) is 11.1 Å². The van der Waals surface area contributed by atoms with Gasteiger partial charge >= 0.3 is 0 Å². The SMILES string of the molecule is Cc1ncc(-c2cc3c4c(c2)c(C(N)=O)nn4CC(=O)N2[C@H](C(=O)Nc4nc(Br)ccc4C)C[C@@]4(CNC(=O)CCC/C=C/C3)C[C@@H]24)cn1. The maximum absolute atomic E-state index is 14.4. The molecule has 2 bridgehead atoms. The molecule has 1 saturated heterocycles. The fourth-order valence-electron chi connectivity index (χ4n) is 7.15. The molecule has 4 aromatic rings. The van der Waals surface area contributed by atoms with Crippen molar-refractivity contribution in [3.05, 3.63) is 76.1 Å². The molecule has 2 fully saturated rings. The predicted octanol–water partition coefficient (Wildman–Crippen LogP) is 3.76. The Morgan fingerprint density at radius 1 is 1.08 bits per heavy atom. The zero-order chi connectivity index (χ0) is 34.4. The van der Waals surface area contributed by atoms with Crippen molar-refractivity contribution in [2.45, 2.75) is 71.0 Å². The number of allylic oxidation sites excluding steroid dienone is 2. The predicted molar refractivity (Wildman–Crippen MR) is 185 cm³/mol. The van der Waals surface area contributed by atoms with Crippen LogP contribution in [-0.2, 0) is 27.3 Å². The number of nitrogens with two attached hydrogens (primary N) is 1. The highest BCUT2D eigenvalue weighted by atomic mass is 79.9. The van der Waals surface area contributed by atoms with Gasteiger partial charge in [0.15, 0.2) is 5.69 Å².